The van der Waals surface area contributed by atoms with Crippen LogP contribution in [0.2, 0.25) is 0 Å². The van der Waals surface area contributed by atoms with Crippen LogP contribution in [-0.2, 0) is 14.8 Å². The molecule has 7 heteroatoms. The molecule has 0 N–H and O–H groups in total. The molecule has 3 aliphatic heterocycles. The summed E-state index contributed by atoms with van der Waals surface area (Å²) in [6, 6.07) is 0. The van der Waals surface area contributed by atoms with E-state index in [4.69, 9.17) is 0 Å². The van der Waals surface area contributed by atoms with Gasteiger partial charge < -0.3 is 9.80 Å². The van der Waals surface area contributed by atoms with E-state index in [0.29, 0.717) is 13.1 Å². The number of likely N-dealkylation sites (tertiary alicyclic amines) is 2. The first kappa shape index (κ1) is 16.8. The van der Waals surface area contributed by atoms with Crippen LogP contribution in [0.4, 0.5) is 0 Å². The molecule has 0 aromatic heterocycles. The molecule has 1 saturated carbocycles. The van der Waals surface area contributed by atoms with Crippen molar-refractivity contribution in [2.45, 2.75) is 50.2 Å². The lowest BCUT2D eigenvalue weighted by Gasteiger charge is -2.38. The third-order valence-electron chi connectivity index (χ3n) is 6.33. The molecule has 0 bridgehead atoms. The van der Waals surface area contributed by atoms with Gasteiger partial charge in [-0.05, 0) is 58.0 Å². The molecule has 24 heavy (non-hydrogen) atoms. The highest BCUT2D eigenvalue weighted by atomic mass is 32.2. The van der Waals surface area contributed by atoms with Crippen LogP contribution >= 0.6 is 0 Å². The molecule has 4 rings (SSSR count). The van der Waals surface area contributed by atoms with E-state index in [2.05, 4.69) is 4.90 Å². The van der Waals surface area contributed by atoms with Gasteiger partial charge in [-0.1, -0.05) is 0 Å². The Bertz CT molecular complexity index is 598. The van der Waals surface area contributed by atoms with Crippen molar-refractivity contribution in [3.63, 3.8) is 0 Å². The van der Waals surface area contributed by atoms with Crippen LogP contribution < -0.4 is 0 Å². The minimum absolute atomic E-state index is 0.171. The van der Waals surface area contributed by atoms with Crippen molar-refractivity contribution in [3.05, 3.63) is 0 Å². The van der Waals surface area contributed by atoms with E-state index in [1.165, 1.54) is 12.8 Å². The van der Waals surface area contributed by atoms with Gasteiger partial charge in [-0.3, -0.25) is 4.79 Å². The average Bonchev–Trinajstić information content (AvgIpc) is 3.25. The minimum atomic E-state index is -3.16. The van der Waals surface area contributed by atoms with Crippen molar-refractivity contribution in [1.82, 2.24) is 14.1 Å². The maximum atomic E-state index is 13.0. The Labute approximate surface area is 145 Å². The fourth-order valence-corrected chi connectivity index (χ4v) is 6.60. The highest BCUT2D eigenvalue weighted by Gasteiger charge is 2.52. The quantitative estimate of drug-likeness (QED) is 0.735. The second-order valence-electron chi connectivity index (χ2n) is 8.05. The summed E-state index contributed by atoms with van der Waals surface area (Å²) in [5, 5.41) is -0.171. The number of sulfonamides is 1. The molecular weight excluding hydrogens is 326 g/mol. The van der Waals surface area contributed by atoms with E-state index < -0.39 is 15.4 Å². The van der Waals surface area contributed by atoms with Crippen LogP contribution in [-0.4, -0.2) is 79.5 Å². The van der Waals surface area contributed by atoms with E-state index in [1.807, 2.05) is 4.90 Å². The Kier molecular flexibility index (Phi) is 4.37. The SMILES string of the molecule is O=C1N(CCN2CCCC2)CCC12CCCN(S(=O)(=O)C1CC1)C2. The molecule has 6 nitrogen and oxygen atoms in total. The third kappa shape index (κ3) is 2.99. The molecule has 1 unspecified atom stereocenters. The van der Waals surface area contributed by atoms with Crippen molar-refractivity contribution in [2.24, 2.45) is 5.41 Å². The predicted molar refractivity (Wildman–Crippen MR) is 92.1 cm³/mol. The minimum Gasteiger partial charge on any atom is -0.341 e. The number of piperidine rings is 1. The largest absolute Gasteiger partial charge is 0.341 e. The zero-order valence-corrected chi connectivity index (χ0v) is 15.3. The van der Waals surface area contributed by atoms with Gasteiger partial charge in [-0.2, -0.15) is 0 Å². The smallest absolute Gasteiger partial charge is 0.230 e. The molecule has 1 amide bonds. The molecule has 0 aromatic rings. The van der Waals surface area contributed by atoms with Gasteiger partial charge in [0.15, 0.2) is 0 Å². The summed E-state index contributed by atoms with van der Waals surface area (Å²) in [7, 11) is -3.16. The molecule has 4 fully saturated rings. The lowest BCUT2D eigenvalue weighted by Crippen LogP contribution is -2.51. The van der Waals surface area contributed by atoms with Crippen LogP contribution in [0.5, 0.6) is 0 Å². The van der Waals surface area contributed by atoms with Crippen molar-refractivity contribution in [3.8, 4) is 0 Å². The summed E-state index contributed by atoms with van der Waals surface area (Å²) in [4.78, 5) is 17.5. The number of nitrogens with zero attached hydrogens (tertiary/aromatic N) is 3. The second-order valence-corrected chi connectivity index (χ2v) is 10.3. The molecule has 3 heterocycles. The number of hydrogen-bond donors (Lipinski definition) is 0. The van der Waals surface area contributed by atoms with Gasteiger partial charge in [0.2, 0.25) is 15.9 Å². The fraction of sp³-hybridized carbons (Fsp3) is 0.941. The van der Waals surface area contributed by atoms with Crippen molar-refractivity contribution in [1.29, 1.82) is 0 Å². The van der Waals surface area contributed by atoms with Crippen molar-refractivity contribution < 1.29 is 13.2 Å². The van der Waals surface area contributed by atoms with E-state index in [-0.39, 0.29) is 11.2 Å². The predicted octanol–water partition coefficient (Wildman–Crippen LogP) is 0.889. The van der Waals surface area contributed by atoms with Crippen molar-refractivity contribution >= 4 is 15.9 Å². The summed E-state index contributed by atoms with van der Waals surface area (Å²) in [5.74, 6) is 0.206. The first-order valence-electron chi connectivity index (χ1n) is 9.52. The zero-order chi connectivity index (χ0) is 16.8. The lowest BCUT2D eigenvalue weighted by molar-refractivity contribution is -0.138. The molecule has 0 aromatic carbocycles. The topological polar surface area (TPSA) is 60.9 Å². The Hall–Kier alpha value is -0.660. The molecule has 0 radical (unpaired) electrons. The number of hydrogen-bond acceptors (Lipinski definition) is 4. The van der Waals surface area contributed by atoms with Gasteiger partial charge in [0.1, 0.15) is 0 Å². The Morgan fingerprint density at radius 3 is 2.42 bits per heavy atom. The normalized spacial score (nSPS) is 33.0. The lowest BCUT2D eigenvalue weighted by atomic mass is 9.79. The second kappa shape index (κ2) is 6.25. The fourth-order valence-electron chi connectivity index (χ4n) is 4.64. The van der Waals surface area contributed by atoms with Gasteiger partial charge in [0.05, 0.1) is 10.7 Å². The molecule has 1 atom stereocenters. The highest BCUT2D eigenvalue weighted by Crippen LogP contribution is 2.42. The van der Waals surface area contributed by atoms with E-state index >= 15 is 0 Å². The summed E-state index contributed by atoms with van der Waals surface area (Å²) in [6.07, 6.45) is 6.62. The van der Waals surface area contributed by atoms with Gasteiger partial charge in [0, 0.05) is 32.7 Å². The highest BCUT2D eigenvalue weighted by molar-refractivity contribution is 7.90. The average molecular weight is 356 g/mol. The third-order valence-corrected chi connectivity index (χ3v) is 8.68. The van der Waals surface area contributed by atoms with Gasteiger partial charge in [-0.25, -0.2) is 12.7 Å². The standard InChI is InChI=1S/C17H29N3O3S/c21-16-17(7-11-19(16)13-12-18-8-1-2-9-18)6-3-10-20(14-17)24(22,23)15-4-5-15/h15H,1-14H2. The molecular formula is C17H29N3O3S. The molecule has 1 spiro atoms. The van der Waals surface area contributed by atoms with Crippen LogP contribution in [0.3, 0.4) is 0 Å². The van der Waals surface area contributed by atoms with Crippen LogP contribution in [0, 0.1) is 5.41 Å². The zero-order valence-electron chi connectivity index (χ0n) is 14.5. The molecule has 4 aliphatic rings. The van der Waals surface area contributed by atoms with E-state index in [1.54, 1.807) is 4.31 Å². The first-order chi connectivity index (χ1) is 11.5. The molecule has 1 aliphatic carbocycles. The molecule has 136 valence electrons. The number of carbonyl (C=O) groups is 1. The van der Waals surface area contributed by atoms with E-state index in [0.717, 1.165) is 64.8 Å². The number of carbonyl (C=O) groups excluding carboxylic acids is 1. The van der Waals surface area contributed by atoms with Crippen LogP contribution in [0.15, 0.2) is 0 Å². The van der Waals surface area contributed by atoms with Crippen molar-refractivity contribution in [2.75, 3.05) is 45.8 Å². The van der Waals surface area contributed by atoms with Gasteiger partial charge in [0.25, 0.3) is 0 Å². The summed E-state index contributed by atoms with van der Waals surface area (Å²) < 4.78 is 26.8. The molecule has 3 saturated heterocycles. The summed E-state index contributed by atoms with van der Waals surface area (Å²) >= 11 is 0. The summed E-state index contributed by atoms with van der Waals surface area (Å²) in [6.45, 7) is 5.89. The Balaban J connectivity index is 1.40. The Morgan fingerprint density at radius 2 is 1.71 bits per heavy atom. The summed E-state index contributed by atoms with van der Waals surface area (Å²) in [5.41, 5.74) is -0.439. The van der Waals surface area contributed by atoms with E-state index in [9.17, 15) is 13.2 Å². The first-order valence-corrected chi connectivity index (χ1v) is 11.0. The van der Waals surface area contributed by atoms with Crippen LogP contribution in [0.1, 0.15) is 44.9 Å². The maximum Gasteiger partial charge on any atom is 0.230 e. The van der Waals surface area contributed by atoms with Crippen LogP contribution in [0.25, 0.3) is 0 Å². The van der Waals surface area contributed by atoms with Gasteiger partial charge >= 0.3 is 0 Å². The number of amides is 1. The Morgan fingerprint density at radius 1 is 0.958 bits per heavy atom. The number of rotatable bonds is 5. The monoisotopic (exact) mass is 355 g/mol. The van der Waals surface area contributed by atoms with Gasteiger partial charge in [-0.15, -0.1) is 0 Å². The maximum absolute atomic E-state index is 13.0.